The Morgan fingerprint density at radius 3 is 2.50 bits per heavy atom. The summed E-state index contributed by atoms with van der Waals surface area (Å²) < 4.78 is 15.4. The third-order valence-electron chi connectivity index (χ3n) is 4.70. The molecule has 1 heterocycles. The molecule has 0 bridgehead atoms. The maximum atomic E-state index is 14.1. The second-order valence-electron chi connectivity index (χ2n) is 6.39. The number of halogens is 2. The third-order valence-corrected chi connectivity index (χ3v) is 4.95. The molecule has 3 aromatic rings. The van der Waals surface area contributed by atoms with Crippen LogP contribution < -0.4 is 5.32 Å². The highest BCUT2D eigenvalue weighted by Gasteiger charge is 2.27. The molecule has 1 amide bonds. The van der Waals surface area contributed by atoms with Crippen molar-refractivity contribution in [2.24, 2.45) is 0 Å². The minimum atomic E-state index is -0.880. The van der Waals surface area contributed by atoms with Gasteiger partial charge in [0.25, 0.3) is 5.91 Å². The van der Waals surface area contributed by atoms with Crippen molar-refractivity contribution in [2.75, 3.05) is 6.73 Å². The number of phenols is 1. The lowest BCUT2D eigenvalue weighted by atomic mass is 9.97. The van der Waals surface area contributed by atoms with Crippen molar-refractivity contribution in [3.05, 3.63) is 64.1 Å². The molecular formula is C20H18ClFN2O4. The molecule has 0 radical (unpaired) electrons. The molecule has 3 N–H and O–H groups in total. The lowest BCUT2D eigenvalue weighted by Crippen LogP contribution is -2.29. The lowest BCUT2D eigenvalue weighted by Gasteiger charge is -2.12. The molecule has 0 spiro atoms. The first kappa shape index (κ1) is 19.9. The van der Waals surface area contributed by atoms with Gasteiger partial charge in [0, 0.05) is 27.7 Å². The number of nitrogens with one attached hydrogen (secondary N) is 1. The van der Waals surface area contributed by atoms with Gasteiger partial charge in [-0.2, -0.15) is 0 Å². The van der Waals surface area contributed by atoms with Crippen LogP contribution >= 0.6 is 11.6 Å². The average Bonchev–Trinajstić information content (AvgIpc) is 2.92. The molecule has 2 aromatic carbocycles. The number of hydrogen-bond donors (Lipinski definition) is 3. The predicted molar refractivity (Wildman–Crippen MR) is 103 cm³/mol. The van der Waals surface area contributed by atoms with E-state index in [0.29, 0.717) is 27.2 Å². The standard InChI is InChI=1S/C20H18ClFN2O4/c1-10(19(27)23-9-25)18-11(2)24(16-8-15(22)17(26)7-14(16)18)20(28)12-3-5-13(21)6-4-12/h3-8,10,25-26H,9H2,1-2H3,(H,23,27)/t10-/m0/s1. The van der Waals surface area contributed by atoms with Crippen LogP contribution in [0.15, 0.2) is 36.4 Å². The highest BCUT2D eigenvalue weighted by Crippen LogP contribution is 2.36. The number of rotatable bonds is 4. The van der Waals surface area contributed by atoms with E-state index in [0.717, 1.165) is 6.07 Å². The number of nitrogens with zero attached hydrogens (tertiary/aromatic N) is 1. The van der Waals surface area contributed by atoms with E-state index >= 15 is 0 Å². The quantitative estimate of drug-likeness (QED) is 0.582. The Bertz CT molecular complexity index is 1080. The summed E-state index contributed by atoms with van der Waals surface area (Å²) in [5, 5.41) is 21.9. The number of carbonyl (C=O) groups excluding carboxylic acids is 2. The number of aliphatic hydroxyl groups excluding tert-OH is 1. The number of aliphatic hydroxyl groups is 1. The van der Waals surface area contributed by atoms with Crippen LogP contribution in [0, 0.1) is 12.7 Å². The van der Waals surface area contributed by atoms with E-state index in [1.54, 1.807) is 38.1 Å². The summed E-state index contributed by atoms with van der Waals surface area (Å²) in [6.07, 6.45) is 0. The van der Waals surface area contributed by atoms with Crippen LogP contribution in [0.3, 0.4) is 0 Å². The number of fused-ring (bicyclic) bond motifs is 1. The summed E-state index contributed by atoms with van der Waals surface area (Å²) in [4.78, 5) is 25.4. The zero-order valence-electron chi connectivity index (χ0n) is 15.2. The second-order valence-corrected chi connectivity index (χ2v) is 6.82. The Balaban J connectivity index is 2.26. The fourth-order valence-electron chi connectivity index (χ4n) is 3.34. The lowest BCUT2D eigenvalue weighted by molar-refractivity contribution is -0.123. The molecular weight excluding hydrogens is 387 g/mol. The van der Waals surface area contributed by atoms with E-state index < -0.39 is 36.0 Å². The van der Waals surface area contributed by atoms with Crippen molar-refractivity contribution < 1.29 is 24.2 Å². The molecule has 1 atom stereocenters. The largest absolute Gasteiger partial charge is 0.505 e. The van der Waals surface area contributed by atoms with E-state index in [9.17, 15) is 19.1 Å². The topological polar surface area (TPSA) is 91.6 Å². The van der Waals surface area contributed by atoms with Crippen LogP contribution in [0.25, 0.3) is 10.9 Å². The summed E-state index contributed by atoms with van der Waals surface area (Å²) in [5.41, 5.74) is 1.45. The van der Waals surface area contributed by atoms with E-state index in [1.807, 2.05) is 0 Å². The molecule has 0 fully saturated rings. The summed E-state index contributed by atoms with van der Waals surface area (Å²) in [6.45, 7) is 2.70. The van der Waals surface area contributed by atoms with Crippen LogP contribution in [0.2, 0.25) is 5.02 Å². The normalized spacial score (nSPS) is 12.2. The van der Waals surface area contributed by atoms with E-state index in [1.165, 1.54) is 10.6 Å². The van der Waals surface area contributed by atoms with Gasteiger partial charge in [-0.15, -0.1) is 0 Å². The van der Waals surface area contributed by atoms with Gasteiger partial charge in [-0.1, -0.05) is 11.6 Å². The summed E-state index contributed by atoms with van der Waals surface area (Å²) in [5.74, 6) is -3.11. The molecule has 3 rings (SSSR count). The van der Waals surface area contributed by atoms with E-state index in [-0.39, 0.29) is 5.52 Å². The molecule has 0 saturated heterocycles. The third kappa shape index (κ3) is 3.34. The Labute approximate surface area is 165 Å². The van der Waals surface area contributed by atoms with Crippen molar-refractivity contribution in [3.63, 3.8) is 0 Å². The molecule has 0 saturated carbocycles. The highest BCUT2D eigenvalue weighted by atomic mass is 35.5. The molecule has 6 nitrogen and oxygen atoms in total. The first-order valence-electron chi connectivity index (χ1n) is 8.48. The number of aromatic hydroxyl groups is 1. The van der Waals surface area contributed by atoms with Gasteiger partial charge in [-0.05, 0) is 49.7 Å². The first-order valence-corrected chi connectivity index (χ1v) is 8.86. The van der Waals surface area contributed by atoms with Gasteiger partial charge in [-0.25, -0.2) is 4.39 Å². The van der Waals surface area contributed by atoms with E-state index in [2.05, 4.69) is 5.32 Å². The zero-order valence-corrected chi connectivity index (χ0v) is 15.9. The number of benzene rings is 2. The second kappa shape index (κ2) is 7.61. The van der Waals surface area contributed by atoms with Gasteiger partial charge in [0.2, 0.25) is 5.91 Å². The Kier molecular flexibility index (Phi) is 5.40. The summed E-state index contributed by atoms with van der Waals surface area (Å²) in [6, 6.07) is 8.50. The van der Waals surface area contributed by atoms with Crippen molar-refractivity contribution in [3.8, 4) is 5.75 Å². The van der Waals surface area contributed by atoms with Gasteiger partial charge in [0.1, 0.15) is 6.73 Å². The Morgan fingerprint density at radius 2 is 1.89 bits per heavy atom. The van der Waals surface area contributed by atoms with E-state index in [4.69, 9.17) is 16.7 Å². The SMILES string of the molecule is Cc1c([C@H](C)C(=O)NCO)c2cc(O)c(F)cc2n1C(=O)c1ccc(Cl)cc1. The van der Waals surface area contributed by atoms with Gasteiger partial charge in [0.15, 0.2) is 11.6 Å². The van der Waals surface area contributed by atoms with Crippen LogP contribution in [0.5, 0.6) is 5.75 Å². The van der Waals surface area contributed by atoms with Gasteiger partial charge in [-0.3, -0.25) is 14.2 Å². The number of carbonyl (C=O) groups is 2. The Hall–Kier alpha value is -2.90. The first-order chi connectivity index (χ1) is 13.3. The van der Waals surface area contributed by atoms with Crippen molar-refractivity contribution in [2.45, 2.75) is 19.8 Å². The number of hydrogen-bond acceptors (Lipinski definition) is 4. The molecule has 0 unspecified atom stereocenters. The average molecular weight is 405 g/mol. The molecule has 28 heavy (non-hydrogen) atoms. The highest BCUT2D eigenvalue weighted by molar-refractivity contribution is 6.30. The van der Waals surface area contributed by atoms with Gasteiger partial charge >= 0.3 is 0 Å². The molecule has 1 aromatic heterocycles. The van der Waals surface area contributed by atoms with Crippen LogP contribution in [-0.2, 0) is 4.79 Å². The van der Waals surface area contributed by atoms with Crippen LogP contribution in [-0.4, -0.2) is 33.3 Å². The maximum absolute atomic E-state index is 14.1. The van der Waals surface area contributed by atoms with Crippen LogP contribution in [0.4, 0.5) is 4.39 Å². The summed E-state index contributed by atoms with van der Waals surface area (Å²) >= 11 is 5.88. The number of phenolic OH excluding ortho intramolecular Hbond substituents is 1. The molecule has 0 aliphatic carbocycles. The van der Waals surface area contributed by atoms with Gasteiger partial charge < -0.3 is 15.5 Å². The maximum Gasteiger partial charge on any atom is 0.262 e. The monoisotopic (exact) mass is 404 g/mol. The van der Waals surface area contributed by atoms with Crippen LogP contribution in [0.1, 0.15) is 34.5 Å². The number of amides is 1. The predicted octanol–water partition coefficient (Wildman–Crippen LogP) is 3.31. The van der Waals surface area contributed by atoms with Crippen molar-refractivity contribution in [1.82, 2.24) is 9.88 Å². The van der Waals surface area contributed by atoms with Gasteiger partial charge in [0.05, 0.1) is 11.4 Å². The minimum absolute atomic E-state index is 0.228. The zero-order chi connectivity index (χ0) is 20.6. The van der Waals surface area contributed by atoms with Crippen molar-refractivity contribution in [1.29, 1.82) is 0 Å². The minimum Gasteiger partial charge on any atom is -0.505 e. The number of aromatic nitrogens is 1. The fourth-order valence-corrected chi connectivity index (χ4v) is 3.47. The molecule has 146 valence electrons. The molecule has 0 aliphatic rings. The fraction of sp³-hybridized carbons (Fsp3) is 0.200. The molecule has 0 aliphatic heterocycles. The smallest absolute Gasteiger partial charge is 0.262 e. The Morgan fingerprint density at radius 1 is 1.25 bits per heavy atom. The van der Waals surface area contributed by atoms with Crippen molar-refractivity contribution >= 4 is 34.3 Å². The summed E-state index contributed by atoms with van der Waals surface area (Å²) in [7, 11) is 0. The molecule has 8 heteroatoms.